The lowest BCUT2D eigenvalue weighted by Crippen LogP contribution is -2.14. The molecule has 0 amide bonds. The minimum atomic E-state index is -0.921. The van der Waals surface area contributed by atoms with Crippen molar-refractivity contribution in [1.82, 2.24) is 0 Å². The van der Waals surface area contributed by atoms with E-state index in [9.17, 15) is 4.79 Å². The van der Waals surface area contributed by atoms with Crippen molar-refractivity contribution in [2.45, 2.75) is 29.6 Å². The van der Waals surface area contributed by atoms with Crippen molar-refractivity contribution < 1.29 is 14.6 Å². The van der Waals surface area contributed by atoms with E-state index in [0.717, 1.165) is 13.0 Å². The van der Waals surface area contributed by atoms with Gasteiger partial charge in [0.2, 0.25) is 0 Å². The molecular weight excluding hydrogens is 260 g/mol. The van der Waals surface area contributed by atoms with Gasteiger partial charge in [0.15, 0.2) is 0 Å². The monoisotopic (exact) mass is 272 g/mol. The maximum atomic E-state index is 11.1. The number of hydrogen-bond donors (Lipinski definition) is 1. The molecular formula is C12H13ClO3S. The largest absolute Gasteiger partial charge is 0.478 e. The fourth-order valence-electron chi connectivity index (χ4n) is 1.80. The first-order valence-corrected chi connectivity index (χ1v) is 6.65. The number of rotatable bonds is 3. The summed E-state index contributed by atoms with van der Waals surface area (Å²) in [5.74, 6) is -0.921. The predicted octanol–water partition coefficient (Wildman–Crippen LogP) is 3.31. The molecule has 0 aromatic heterocycles. The van der Waals surface area contributed by atoms with Crippen LogP contribution in [0.4, 0.5) is 0 Å². The molecule has 0 saturated carbocycles. The fourth-order valence-corrected chi connectivity index (χ4v) is 3.32. The molecule has 0 spiro atoms. The van der Waals surface area contributed by atoms with Gasteiger partial charge in [-0.05, 0) is 31.5 Å². The van der Waals surface area contributed by atoms with E-state index in [2.05, 4.69) is 0 Å². The van der Waals surface area contributed by atoms with Crippen LogP contribution in [0.5, 0.6) is 0 Å². The summed E-state index contributed by atoms with van der Waals surface area (Å²) in [6.07, 6.45) is 1.10. The number of thioether (sulfide) groups is 1. The lowest BCUT2D eigenvalue weighted by molar-refractivity contribution is 0.0693. The number of ether oxygens (including phenoxy) is 1. The van der Waals surface area contributed by atoms with Gasteiger partial charge in [-0.2, -0.15) is 0 Å². The molecule has 1 N–H and O–H groups in total. The van der Waals surface area contributed by atoms with Crippen LogP contribution in [0.1, 0.15) is 23.7 Å². The van der Waals surface area contributed by atoms with Gasteiger partial charge in [0.25, 0.3) is 0 Å². The third-order valence-electron chi connectivity index (χ3n) is 2.76. The van der Waals surface area contributed by atoms with Crippen molar-refractivity contribution in [3.8, 4) is 0 Å². The highest BCUT2D eigenvalue weighted by atomic mass is 35.5. The smallest absolute Gasteiger partial charge is 0.336 e. The second kappa shape index (κ2) is 5.29. The third-order valence-corrected chi connectivity index (χ3v) is 4.51. The van der Waals surface area contributed by atoms with Crippen LogP contribution < -0.4 is 0 Å². The Morgan fingerprint density at radius 3 is 2.94 bits per heavy atom. The van der Waals surface area contributed by atoms with Crippen LogP contribution in [0.15, 0.2) is 23.1 Å². The predicted molar refractivity (Wildman–Crippen MR) is 68.1 cm³/mol. The summed E-state index contributed by atoms with van der Waals surface area (Å²) in [6, 6.07) is 4.86. The van der Waals surface area contributed by atoms with E-state index in [1.165, 1.54) is 11.8 Å². The van der Waals surface area contributed by atoms with Gasteiger partial charge in [0.05, 0.1) is 11.7 Å². The Morgan fingerprint density at radius 2 is 2.35 bits per heavy atom. The lowest BCUT2D eigenvalue weighted by atomic mass is 10.2. The summed E-state index contributed by atoms with van der Waals surface area (Å²) in [5, 5.41) is 9.97. The van der Waals surface area contributed by atoms with Crippen molar-refractivity contribution in [2.24, 2.45) is 0 Å². The number of hydrogen-bond acceptors (Lipinski definition) is 3. The van der Waals surface area contributed by atoms with Gasteiger partial charge < -0.3 is 9.84 Å². The maximum Gasteiger partial charge on any atom is 0.336 e. The van der Waals surface area contributed by atoms with Gasteiger partial charge in [-0.1, -0.05) is 11.6 Å². The minimum Gasteiger partial charge on any atom is -0.478 e. The molecule has 1 aromatic rings. The van der Waals surface area contributed by atoms with E-state index >= 15 is 0 Å². The normalized spacial score (nSPS) is 23.9. The molecule has 1 aliphatic rings. The molecule has 92 valence electrons. The van der Waals surface area contributed by atoms with E-state index in [-0.39, 0.29) is 6.10 Å². The zero-order valence-corrected chi connectivity index (χ0v) is 10.9. The Bertz CT molecular complexity index is 436. The van der Waals surface area contributed by atoms with Gasteiger partial charge in [0, 0.05) is 21.8 Å². The minimum absolute atomic E-state index is 0.153. The molecule has 2 unspecified atom stereocenters. The summed E-state index contributed by atoms with van der Waals surface area (Å²) in [6.45, 7) is 2.75. The Hall–Kier alpha value is -0.710. The van der Waals surface area contributed by atoms with E-state index in [1.807, 2.05) is 6.92 Å². The van der Waals surface area contributed by atoms with Crippen molar-refractivity contribution >= 4 is 29.3 Å². The summed E-state index contributed by atoms with van der Waals surface area (Å²) < 4.78 is 5.47. The number of benzene rings is 1. The second-order valence-corrected chi connectivity index (χ2v) is 5.68. The number of aromatic carboxylic acids is 1. The van der Waals surface area contributed by atoms with Crippen LogP contribution in [-0.4, -0.2) is 29.0 Å². The lowest BCUT2D eigenvalue weighted by Gasteiger charge is -2.15. The number of carboxylic acids is 1. The van der Waals surface area contributed by atoms with E-state index in [1.54, 1.807) is 18.2 Å². The molecule has 1 heterocycles. The second-order valence-electron chi connectivity index (χ2n) is 3.97. The fraction of sp³-hybridized carbons (Fsp3) is 0.417. The first-order valence-electron chi connectivity index (χ1n) is 5.39. The first kappa shape index (κ1) is 12.7. The van der Waals surface area contributed by atoms with Crippen molar-refractivity contribution in [2.75, 3.05) is 6.61 Å². The summed E-state index contributed by atoms with van der Waals surface area (Å²) in [7, 11) is 0. The van der Waals surface area contributed by atoms with Gasteiger partial charge >= 0.3 is 5.97 Å². The molecule has 0 aliphatic carbocycles. The topological polar surface area (TPSA) is 46.5 Å². The average molecular weight is 273 g/mol. The van der Waals surface area contributed by atoms with Crippen LogP contribution in [0.3, 0.4) is 0 Å². The zero-order chi connectivity index (χ0) is 12.4. The first-order chi connectivity index (χ1) is 8.08. The van der Waals surface area contributed by atoms with Crippen molar-refractivity contribution in [3.05, 3.63) is 28.8 Å². The van der Waals surface area contributed by atoms with Crippen LogP contribution >= 0.6 is 23.4 Å². The SMILES string of the molecule is CC1OCCC1Sc1cc(Cl)ccc1C(=O)O. The van der Waals surface area contributed by atoms with Crippen molar-refractivity contribution in [1.29, 1.82) is 0 Å². The maximum absolute atomic E-state index is 11.1. The molecule has 17 heavy (non-hydrogen) atoms. The Kier molecular flexibility index (Phi) is 3.97. The van der Waals surface area contributed by atoms with Crippen molar-refractivity contribution in [3.63, 3.8) is 0 Å². The molecule has 1 fully saturated rings. The summed E-state index contributed by atoms with van der Waals surface area (Å²) in [4.78, 5) is 11.8. The Morgan fingerprint density at radius 1 is 1.59 bits per heavy atom. The average Bonchev–Trinajstić information content (AvgIpc) is 2.64. The van der Waals surface area contributed by atoms with Crippen LogP contribution in [-0.2, 0) is 4.74 Å². The van der Waals surface area contributed by atoms with Gasteiger partial charge in [-0.3, -0.25) is 0 Å². The Labute approximate surface area is 109 Å². The Balaban J connectivity index is 2.24. The summed E-state index contributed by atoms with van der Waals surface area (Å²) >= 11 is 7.44. The van der Waals surface area contributed by atoms with Gasteiger partial charge in [0.1, 0.15) is 0 Å². The molecule has 0 bridgehead atoms. The number of carboxylic acid groups (broad SMARTS) is 1. The van der Waals surface area contributed by atoms with Gasteiger partial charge in [-0.15, -0.1) is 11.8 Å². The molecule has 1 saturated heterocycles. The zero-order valence-electron chi connectivity index (χ0n) is 9.35. The van der Waals surface area contributed by atoms with Crippen LogP contribution in [0.2, 0.25) is 5.02 Å². The highest BCUT2D eigenvalue weighted by Crippen LogP contribution is 2.35. The van der Waals surface area contributed by atoms with Crippen LogP contribution in [0, 0.1) is 0 Å². The van der Waals surface area contributed by atoms with Crippen LogP contribution in [0.25, 0.3) is 0 Å². The molecule has 1 aliphatic heterocycles. The molecule has 5 heteroatoms. The van der Waals surface area contributed by atoms with E-state index in [0.29, 0.717) is 20.7 Å². The van der Waals surface area contributed by atoms with E-state index < -0.39 is 5.97 Å². The number of carbonyl (C=O) groups is 1. The van der Waals surface area contributed by atoms with E-state index in [4.69, 9.17) is 21.4 Å². The summed E-state index contributed by atoms with van der Waals surface area (Å²) in [5.41, 5.74) is 0.304. The molecule has 3 nitrogen and oxygen atoms in total. The molecule has 0 radical (unpaired) electrons. The number of halogens is 1. The molecule has 1 aromatic carbocycles. The molecule has 2 atom stereocenters. The third kappa shape index (κ3) is 2.94. The highest BCUT2D eigenvalue weighted by molar-refractivity contribution is 8.00. The van der Waals surface area contributed by atoms with Gasteiger partial charge in [-0.25, -0.2) is 4.79 Å². The standard InChI is InChI=1S/C12H13ClO3S/c1-7-10(4-5-16-7)17-11-6-8(13)2-3-9(11)12(14)15/h2-3,6-7,10H,4-5H2,1H3,(H,14,15). The quantitative estimate of drug-likeness (QED) is 0.917. The highest BCUT2D eigenvalue weighted by Gasteiger charge is 2.26. The molecule has 2 rings (SSSR count).